The smallest absolute Gasteiger partial charge is 0.236 e. The number of hydrogen-bond acceptors (Lipinski definition) is 3. The summed E-state index contributed by atoms with van der Waals surface area (Å²) in [5.41, 5.74) is 6.36. The van der Waals surface area contributed by atoms with Crippen LogP contribution >= 0.6 is 0 Å². The number of aliphatic imine (C=N–C) groups is 1. The molecule has 3 heteroatoms. The van der Waals surface area contributed by atoms with Gasteiger partial charge in [-0.15, -0.1) is 0 Å². The van der Waals surface area contributed by atoms with E-state index < -0.39 is 0 Å². The second-order valence-electron chi connectivity index (χ2n) is 8.94. The third kappa shape index (κ3) is 4.44. The summed E-state index contributed by atoms with van der Waals surface area (Å²) in [5.74, 6) is 0.601. The summed E-state index contributed by atoms with van der Waals surface area (Å²) in [6.45, 7) is 0. The first-order valence-electron chi connectivity index (χ1n) is 12.3. The van der Waals surface area contributed by atoms with Crippen molar-refractivity contribution in [1.82, 2.24) is 4.98 Å². The number of hydrogen-bond donors (Lipinski definition) is 0. The summed E-state index contributed by atoms with van der Waals surface area (Å²) in [7, 11) is 0. The molecular formula is C33H26N2O. The van der Waals surface area contributed by atoms with Gasteiger partial charge in [0, 0.05) is 0 Å². The molecule has 6 rings (SSSR count). The molecule has 0 saturated carbocycles. The molecule has 0 amide bonds. The summed E-state index contributed by atoms with van der Waals surface area (Å²) >= 11 is 0. The zero-order valence-corrected chi connectivity index (χ0v) is 19.8. The van der Waals surface area contributed by atoms with Crippen LogP contribution in [-0.4, -0.2) is 10.9 Å². The third-order valence-electron chi connectivity index (χ3n) is 6.60. The maximum Gasteiger partial charge on any atom is 0.236 e. The minimum absolute atomic E-state index is 0.0178. The first-order valence-corrected chi connectivity index (χ1v) is 12.3. The average molecular weight is 467 g/mol. The Hall–Kier alpha value is -4.50. The van der Waals surface area contributed by atoms with Crippen molar-refractivity contribution in [3.05, 3.63) is 173 Å². The summed E-state index contributed by atoms with van der Waals surface area (Å²) in [5, 5.41) is 0. The number of ether oxygens (including phenoxy) is 1. The van der Waals surface area contributed by atoms with Gasteiger partial charge in [-0.05, 0) is 34.4 Å². The van der Waals surface area contributed by atoms with Crippen LogP contribution in [0.25, 0.3) is 0 Å². The van der Waals surface area contributed by atoms with Crippen molar-refractivity contribution in [3.63, 3.8) is 0 Å². The molecule has 0 N–H and O–H groups in total. The molecule has 0 fully saturated rings. The molecule has 36 heavy (non-hydrogen) atoms. The lowest BCUT2D eigenvalue weighted by atomic mass is 9.88. The maximum atomic E-state index is 6.53. The Morgan fingerprint density at radius 2 is 1.06 bits per heavy atom. The molecule has 4 aromatic carbocycles. The van der Waals surface area contributed by atoms with Crippen LogP contribution in [0.5, 0.6) is 0 Å². The Morgan fingerprint density at radius 1 is 0.528 bits per heavy atom. The fourth-order valence-corrected chi connectivity index (χ4v) is 4.88. The summed E-state index contributed by atoms with van der Waals surface area (Å²) in [6, 6.07) is 47.7. The lowest BCUT2D eigenvalue weighted by molar-refractivity contribution is 0.196. The molecule has 1 aromatic heterocycles. The zero-order valence-electron chi connectivity index (χ0n) is 19.8. The standard InChI is InChI=1S/C33H26N2O/c1-5-14-24(15-6-1)30(25-16-7-2-8-17-25)28-22-13-23-29(34-28)33-35-31(26-18-9-3-10-19-26)32(36-33)27-20-11-4-12-21-27/h1-23,30-32H. The van der Waals surface area contributed by atoms with Gasteiger partial charge in [0.05, 0.1) is 11.6 Å². The molecule has 0 saturated heterocycles. The Morgan fingerprint density at radius 3 is 1.64 bits per heavy atom. The molecular weight excluding hydrogens is 440 g/mol. The fourth-order valence-electron chi connectivity index (χ4n) is 4.88. The van der Waals surface area contributed by atoms with E-state index in [1.54, 1.807) is 0 Å². The SMILES string of the molecule is c1ccc(C(c2ccccc2)c2cccc(C3=NC(c4ccccc4)C(c4ccccc4)O3)n2)cc1. The second-order valence-corrected chi connectivity index (χ2v) is 8.94. The molecule has 1 aliphatic heterocycles. The van der Waals surface area contributed by atoms with Gasteiger partial charge in [-0.1, -0.05) is 127 Å². The van der Waals surface area contributed by atoms with Gasteiger partial charge >= 0.3 is 0 Å². The number of benzene rings is 4. The molecule has 2 heterocycles. The summed E-state index contributed by atoms with van der Waals surface area (Å²) < 4.78 is 6.53. The van der Waals surface area contributed by atoms with E-state index in [1.165, 1.54) is 11.1 Å². The molecule has 0 aliphatic carbocycles. The highest BCUT2D eigenvalue weighted by Crippen LogP contribution is 2.41. The third-order valence-corrected chi connectivity index (χ3v) is 6.60. The van der Waals surface area contributed by atoms with Gasteiger partial charge in [0.2, 0.25) is 5.90 Å². The van der Waals surface area contributed by atoms with E-state index in [1.807, 2.05) is 54.6 Å². The van der Waals surface area contributed by atoms with E-state index in [0.717, 1.165) is 22.5 Å². The Kier molecular flexibility index (Phi) is 6.11. The maximum absolute atomic E-state index is 6.53. The first kappa shape index (κ1) is 22.0. The van der Waals surface area contributed by atoms with Gasteiger partial charge < -0.3 is 4.74 Å². The number of rotatable bonds is 6. The van der Waals surface area contributed by atoms with Crippen molar-refractivity contribution >= 4 is 5.90 Å². The highest BCUT2D eigenvalue weighted by Gasteiger charge is 2.34. The van der Waals surface area contributed by atoms with Crippen LogP contribution < -0.4 is 0 Å². The van der Waals surface area contributed by atoms with Crippen molar-refractivity contribution in [1.29, 1.82) is 0 Å². The van der Waals surface area contributed by atoms with E-state index in [-0.39, 0.29) is 18.1 Å². The topological polar surface area (TPSA) is 34.5 Å². The zero-order chi connectivity index (χ0) is 24.2. The van der Waals surface area contributed by atoms with Crippen molar-refractivity contribution in [2.24, 2.45) is 4.99 Å². The van der Waals surface area contributed by atoms with E-state index in [4.69, 9.17) is 14.7 Å². The highest BCUT2D eigenvalue weighted by molar-refractivity contribution is 5.93. The van der Waals surface area contributed by atoms with Crippen LogP contribution in [0.3, 0.4) is 0 Å². The lowest BCUT2D eigenvalue weighted by Gasteiger charge is -2.19. The van der Waals surface area contributed by atoms with Crippen LogP contribution in [0.4, 0.5) is 0 Å². The molecule has 174 valence electrons. The molecule has 0 bridgehead atoms. The molecule has 0 radical (unpaired) electrons. The lowest BCUT2D eigenvalue weighted by Crippen LogP contribution is -2.12. The van der Waals surface area contributed by atoms with Gasteiger partial charge in [-0.25, -0.2) is 9.98 Å². The van der Waals surface area contributed by atoms with Gasteiger partial charge in [-0.2, -0.15) is 0 Å². The van der Waals surface area contributed by atoms with E-state index in [0.29, 0.717) is 5.90 Å². The van der Waals surface area contributed by atoms with Crippen LogP contribution in [0.15, 0.2) is 145 Å². The molecule has 3 nitrogen and oxygen atoms in total. The molecule has 0 spiro atoms. The van der Waals surface area contributed by atoms with Crippen molar-refractivity contribution in [2.75, 3.05) is 0 Å². The van der Waals surface area contributed by atoms with Gasteiger partial charge in [0.15, 0.2) is 6.10 Å². The number of aromatic nitrogens is 1. The van der Waals surface area contributed by atoms with Crippen LogP contribution in [0.2, 0.25) is 0 Å². The van der Waals surface area contributed by atoms with E-state index in [9.17, 15) is 0 Å². The monoisotopic (exact) mass is 466 g/mol. The molecule has 5 aromatic rings. The molecule has 1 aliphatic rings. The Labute approximate surface area is 211 Å². The van der Waals surface area contributed by atoms with E-state index in [2.05, 4.69) is 84.9 Å². The minimum Gasteiger partial charge on any atom is -0.465 e. The highest BCUT2D eigenvalue weighted by atomic mass is 16.5. The number of pyridine rings is 1. The molecule has 2 atom stereocenters. The largest absolute Gasteiger partial charge is 0.465 e. The van der Waals surface area contributed by atoms with Crippen molar-refractivity contribution in [3.8, 4) is 0 Å². The first-order chi connectivity index (χ1) is 17.9. The normalized spacial score (nSPS) is 17.0. The van der Waals surface area contributed by atoms with Gasteiger partial charge in [0.1, 0.15) is 11.7 Å². The summed E-state index contributed by atoms with van der Waals surface area (Å²) in [6.07, 6.45) is -0.201. The predicted octanol–water partition coefficient (Wildman–Crippen LogP) is 7.52. The van der Waals surface area contributed by atoms with E-state index >= 15 is 0 Å². The fraction of sp³-hybridized carbons (Fsp3) is 0.0909. The average Bonchev–Trinajstić information content (AvgIpc) is 3.41. The van der Waals surface area contributed by atoms with Crippen LogP contribution in [0, 0.1) is 0 Å². The second kappa shape index (κ2) is 10.0. The number of nitrogens with zero attached hydrogens (tertiary/aromatic N) is 2. The summed E-state index contributed by atoms with van der Waals surface area (Å²) in [4.78, 5) is 10.2. The van der Waals surface area contributed by atoms with Crippen molar-refractivity contribution in [2.45, 2.75) is 18.1 Å². The Bertz CT molecular complexity index is 1410. The van der Waals surface area contributed by atoms with Gasteiger partial charge in [0.25, 0.3) is 0 Å². The predicted molar refractivity (Wildman–Crippen MR) is 144 cm³/mol. The van der Waals surface area contributed by atoms with Gasteiger partial charge in [-0.3, -0.25) is 0 Å². The van der Waals surface area contributed by atoms with Crippen LogP contribution in [0.1, 0.15) is 51.7 Å². The Balaban J connectivity index is 1.41. The quantitative estimate of drug-likeness (QED) is 0.259. The minimum atomic E-state index is -0.201. The molecule has 2 unspecified atom stereocenters. The van der Waals surface area contributed by atoms with Crippen molar-refractivity contribution < 1.29 is 4.74 Å². The van der Waals surface area contributed by atoms with Crippen LogP contribution in [-0.2, 0) is 4.74 Å².